The van der Waals surface area contributed by atoms with Crippen molar-refractivity contribution in [1.29, 1.82) is 0 Å². The highest BCUT2D eigenvalue weighted by Gasteiger charge is 2.16. The number of nitrogens with zero attached hydrogens (tertiary/aromatic N) is 1. The zero-order valence-corrected chi connectivity index (χ0v) is 12.0. The van der Waals surface area contributed by atoms with Gasteiger partial charge in [0.2, 0.25) is 0 Å². The molecule has 0 fully saturated rings. The SMILES string of the molecule is CNc1cnccc1C(=O)Nc1c(F)cc(Br)cc1F. The third-order valence-electron chi connectivity index (χ3n) is 2.58. The number of amides is 1. The van der Waals surface area contributed by atoms with Crippen molar-refractivity contribution in [3.05, 3.63) is 52.3 Å². The minimum atomic E-state index is -0.856. The van der Waals surface area contributed by atoms with E-state index < -0.39 is 23.2 Å². The topological polar surface area (TPSA) is 54.0 Å². The van der Waals surface area contributed by atoms with Crippen LogP contribution in [0, 0.1) is 11.6 Å². The van der Waals surface area contributed by atoms with Crippen LogP contribution in [-0.2, 0) is 0 Å². The summed E-state index contributed by atoms with van der Waals surface area (Å²) in [5, 5.41) is 5.00. The highest BCUT2D eigenvalue weighted by atomic mass is 79.9. The van der Waals surface area contributed by atoms with Gasteiger partial charge < -0.3 is 10.6 Å². The van der Waals surface area contributed by atoms with Crippen molar-refractivity contribution in [2.75, 3.05) is 17.7 Å². The van der Waals surface area contributed by atoms with E-state index in [1.165, 1.54) is 18.5 Å². The standard InChI is InChI=1S/C13H10BrF2N3O/c1-17-11-6-18-3-2-8(11)13(20)19-12-9(15)4-7(14)5-10(12)16/h2-6,17H,1H3,(H,19,20). The molecule has 0 aliphatic heterocycles. The normalized spacial score (nSPS) is 10.2. The first-order chi connectivity index (χ1) is 9.52. The van der Waals surface area contributed by atoms with E-state index in [9.17, 15) is 13.6 Å². The zero-order valence-electron chi connectivity index (χ0n) is 10.4. The van der Waals surface area contributed by atoms with Crippen LogP contribution in [0.5, 0.6) is 0 Å². The molecule has 20 heavy (non-hydrogen) atoms. The Balaban J connectivity index is 2.33. The molecule has 0 bridgehead atoms. The molecule has 2 rings (SSSR count). The molecule has 0 saturated carbocycles. The fourth-order valence-corrected chi connectivity index (χ4v) is 2.04. The molecule has 2 N–H and O–H groups in total. The summed E-state index contributed by atoms with van der Waals surface area (Å²) in [5.74, 6) is -2.34. The Morgan fingerprint density at radius 1 is 1.30 bits per heavy atom. The summed E-state index contributed by atoms with van der Waals surface area (Å²) in [4.78, 5) is 15.9. The van der Waals surface area contributed by atoms with Crippen LogP contribution < -0.4 is 10.6 Å². The Morgan fingerprint density at radius 2 is 1.95 bits per heavy atom. The van der Waals surface area contributed by atoms with Gasteiger partial charge in [-0.3, -0.25) is 9.78 Å². The highest BCUT2D eigenvalue weighted by molar-refractivity contribution is 9.10. The summed E-state index contributed by atoms with van der Waals surface area (Å²) in [5.41, 5.74) is 0.212. The lowest BCUT2D eigenvalue weighted by atomic mass is 10.2. The summed E-state index contributed by atoms with van der Waals surface area (Å²) < 4.78 is 27.6. The minimum absolute atomic E-state index is 0.240. The molecule has 1 aromatic carbocycles. The molecule has 1 amide bonds. The van der Waals surface area contributed by atoms with Crippen molar-refractivity contribution in [3.8, 4) is 0 Å². The second-order valence-corrected chi connectivity index (χ2v) is 4.79. The highest BCUT2D eigenvalue weighted by Crippen LogP contribution is 2.25. The maximum absolute atomic E-state index is 13.7. The van der Waals surface area contributed by atoms with E-state index >= 15 is 0 Å². The first-order valence-corrected chi connectivity index (χ1v) is 6.40. The molecular formula is C13H10BrF2N3O. The van der Waals surface area contributed by atoms with Gasteiger partial charge in [-0.15, -0.1) is 0 Å². The number of aromatic nitrogens is 1. The predicted molar refractivity (Wildman–Crippen MR) is 75.8 cm³/mol. The quantitative estimate of drug-likeness (QED) is 0.899. The number of halogens is 3. The number of nitrogens with one attached hydrogen (secondary N) is 2. The van der Waals surface area contributed by atoms with Crippen LogP contribution in [-0.4, -0.2) is 17.9 Å². The number of benzene rings is 1. The maximum atomic E-state index is 13.7. The molecule has 7 heteroatoms. The van der Waals surface area contributed by atoms with E-state index in [4.69, 9.17) is 0 Å². The number of carbonyl (C=O) groups excluding carboxylic acids is 1. The first kappa shape index (κ1) is 14.4. The van der Waals surface area contributed by atoms with Gasteiger partial charge in [-0.25, -0.2) is 8.78 Å². The van der Waals surface area contributed by atoms with Gasteiger partial charge in [-0.05, 0) is 18.2 Å². The van der Waals surface area contributed by atoms with Gasteiger partial charge >= 0.3 is 0 Å². The number of pyridine rings is 1. The molecule has 0 radical (unpaired) electrons. The Hall–Kier alpha value is -2.02. The van der Waals surface area contributed by atoms with Gasteiger partial charge in [0.25, 0.3) is 5.91 Å². The van der Waals surface area contributed by atoms with E-state index in [0.29, 0.717) is 5.69 Å². The lowest BCUT2D eigenvalue weighted by Crippen LogP contribution is -2.16. The summed E-state index contributed by atoms with van der Waals surface area (Å²) in [7, 11) is 1.62. The Bertz CT molecular complexity index is 641. The third-order valence-corrected chi connectivity index (χ3v) is 3.04. The van der Waals surface area contributed by atoms with Gasteiger partial charge in [0.1, 0.15) is 5.69 Å². The van der Waals surface area contributed by atoms with E-state index in [-0.39, 0.29) is 10.0 Å². The van der Waals surface area contributed by atoms with Gasteiger partial charge in [-0.1, -0.05) is 15.9 Å². The Morgan fingerprint density at radius 3 is 2.55 bits per heavy atom. The number of anilines is 2. The molecule has 0 aliphatic rings. The first-order valence-electron chi connectivity index (χ1n) is 5.60. The van der Waals surface area contributed by atoms with E-state index in [1.54, 1.807) is 7.05 Å². The predicted octanol–water partition coefficient (Wildman–Crippen LogP) is 3.42. The fourth-order valence-electron chi connectivity index (χ4n) is 1.63. The number of hydrogen-bond acceptors (Lipinski definition) is 3. The molecule has 1 heterocycles. The second-order valence-electron chi connectivity index (χ2n) is 3.87. The smallest absolute Gasteiger partial charge is 0.258 e. The molecule has 0 saturated heterocycles. The molecule has 0 aliphatic carbocycles. The molecule has 4 nitrogen and oxygen atoms in total. The number of hydrogen-bond donors (Lipinski definition) is 2. The minimum Gasteiger partial charge on any atom is -0.386 e. The van der Waals surface area contributed by atoms with E-state index in [2.05, 4.69) is 31.5 Å². The molecule has 1 aromatic heterocycles. The molecule has 2 aromatic rings. The van der Waals surface area contributed by atoms with Crippen LogP contribution in [0.25, 0.3) is 0 Å². The molecule has 104 valence electrons. The third kappa shape index (κ3) is 2.93. The summed E-state index contributed by atoms with van der Waals surface area (Å²) in [6.45, 7) is 0. The zero-order chi connectivity index (χ0) is 14.7. The molecular weight excluding hydrogens is 332 g/mol. The number of rotatable bonds is 3. The van der Waals surface area contributed by atoms with Gasteiger partial charge in [-0.2, -0.15) is 0 Å². The molecule has 0 atom stereocenters. The van der Waals surface area contributed by atoms with Crippen LogP contribution in [0.2, 0.25) is 0 Å². The monoisotopic (exact) mass is 341 g/mol. The van der Waals surface area contributed by atoms with Crippen molar-refractivity contribution in [3.63, 3.8) is 0 Å². The van der Waals surface area contributed by atoms with Crippen molar-refractivity contribution in [2.24, 2.45) is 0 Å². The van der Waals surface area contributed by atoms with Crippen molar-refractivity contribution in [1.82, 2.24) is 4.98 Å². The van der Waals surface area contributed by atoms with Gasteiger partial charge in [0.15, 0.2) is 11.6 Å². The van der Waals surface area contributed by atoms with Gasteiger partial charge in [0, 0.05) is 17.7 Å². The Kier molecular flexibility index (Phi) is 4.29. The maximum Gasteiger partial charge on any atom is 0.258 e. The fraction of sp³-hybridized carbons (Fsp3) is 0.0769. The van der Waals surface area contributed by atoms with Crippen molar-refractivity contribution in [2.45, 2.75) is 0 Å². The Labute approximate surface area is 122 Å². The molecule has 0 unspecified atom stereocenters. The average Bonchev–Trinajstić information content (AvgIpc) is 2.42. The van der Waals surface area contributed by atoms with Crippen molar-refractivity contribution < 1.29 is 13.6 Å². The summed E-state index contributed by atoms with van der Waals surface area (Å²) >= 11 is 2.97. The second kappa shape index (κ2) is 5.96. The largest absolute Gasteiger partial charge is 0.386 e. The van der Waals surface area contributed by atoms with Crippen LogP contribution >= 0.6 is 15.9 Å². The summed E-state index contributed by atoms with van der Waals surface area (Å²) in [6, 6.07) is 3.60. The van der Waals surface area contributed by atoms with Crippen LogP contribution in [0.1, 0.15) is 10.4 Å². The van der Waals surface area contributed by atoms with Crippen LogP contribution in [0.3, 0.4) is 0 Å². The van der Waals surface area contributed by atoms with Crippen molar-refractivity contribution >= 4 is 33.2 Å². The lowest BCUT2D eigenvalue weighted by Gasteiger charge is -2.10. The summed E-state index contributed by atoms with van der Waals surface area (Å²) in [6.07, 6.45) is 2.87. The van der Waals surface area contributed by atoms with Gasteiger partial charge in [0.05, 0.1) is 17.4 Å². The van der Waals surface area contributed by atoms with E-state index in [1.807, 2.05) is 0 Å². The molecule has 0 spiro atoms. The van der Waals surface area contributed by atoms with Crippen LogP contribution in [0.4, 0.5) is 20.2 Å². The average molecular weight is 342 g/mol. The lowest BCUT2D eigenvalue weighted by molar-refractivity contribution is 0.102. The van der Waals surface area contributed by atoms with Crippen LogP contribution in [0.15, 0.2) is 35.1 Å². The number of carbonyl (C=O) groups is 1. The van der Waals surface area contributed by atoms with E-state index in [0.717, 1.165) is 12.1 Å².